The first-order valence-electron chi connectivity index (χ1n) is 8.70. The summed E-state index contributed by atoms with van der Waals surface area (Å²) in [4.78, 5) is 32.5. The Kier molecular flexibility index (Phi) is 4.63. The number of aryl methyl sites for hydroxylation is 1. The van der Waals surface area contributed by atoms with Gasteiger partial charge in [-0.15, -0.1) is 11.3 Å². The molecular weight excluding hydrogens is 366 g/mol. The smallest absolute Gasteiger partial charge is 0.269 e. The third-order valence-electron chi connectivity index (χ3n) is 4.81. The van der Waals surface area contributed by atoms with Crippen LogP contribution in [-0.4, -0.2) is 45.4 Å². The van der Waals surface area contributed by atoms with E-state index in [0.717, 1.165) is 48.2 Å². The molecule has 9 heteroatoms. The van der Waals surface area contributed by atoms with E-state index in [1.54, 1.807) is 22.6 Å². The van der Waals surface area contributed by atoms with E-state index < -0.39 is 0 Å². The van der Waals surface area contributed by atoms with Crippen molar-refractivity contribution in [3.8, 4) is 0 Å². The largest absolute Gasteiger partial charge is 0.369 e. The summed E-state index contributed by atoms with van der Waals surface area (Å²) in [5, 5.41) is 12.7. The Labute approximate surface area is 159 Å². The topological polar surface area (TPSA) is 84.0 Å². The van der Waals surface area contributed by atoms with Crippen LogP contribution in [0.15, 0.2) is 40.5 Å². The summed E-state index contributed by atoms with van der Waals surface area (Å²) < 4.78 is 1.64. The van der Waals surface area contributed by atoms with Crippen molar-refractivity contribution in [3.63, 3.8) is 0 Å². The van der Waals surface area contributed by atoms with Crippen LogP contribution in [0.5, 0.6) is 0 Å². The maximum absolute atomic E-state index is 12.3. The number of anilines is 1. The van der Waals surface area contributed by atoms with E-state index in [4.69, 9.17) is 0 Å². The number of hydrogen-bond donors (Lipinski definition) is 0. The molecule has 1 aliphatic rings. The first-order valence-corrected chi connectivity index (χ1v) is 9.58. The zero-order valence-corrected chi connectivity index (χ0v) is 15.7. The van der Waals surface area contributed by atoms with Crippen LogP contribution in [0.25, 0.3) is 4.96 Å². The van der Waals surface area contributed by atoms with E-state index in [0.29, 0.717) is 6.54 Å². The number of rotatable bonds is 4. The van der Waals surface area contributed by atoms with Gasteiger partial charge in [-0.3, -0.25) is 24.2 Å². The highest BCUT2D eigenvalue weighted by Crippen LogP contribution is 2.21. The van der Waals surface area contributed by atoms with E-state index in [-0.39, 0.29) is 16.2 Å². The molecule has 0 aliphatic carbocycles. The first kappa shape index (κ1) is 17.6. The van der Waals surface area contributed by atoms with Gasteiger partial charge in [0.05, 0.1) is 10.6 Å². The quantitative estimate of drug-likeness (QED) is 0.506. The number of non-ortho nitro benzene ring substituents is 1. The van der Waals surface area contributed by atoms with Crippen LogP contribution in [0.1, 0.15) is 11.4 Å². The minimum Gasteiger partial charge on any atom is -0.369 e. The van der Waals surface area contributed by atoms with Gasteiger partial charge in [0, 0.05) is 67.7 Å². The number of aromatic nitrogens is 2. The number of thiazole rings is 1. The molecule has 3 heterocycles. The fraction of sp³-hybridized carbons (Fsp3) is 0.333. The molecule has 4 rings (SSSR count). The predicted molar refractivity (Wildman–Crippen MR) is 105 cm³/mol. The molecule has 1 aromatic carbocycles. The molecule has 0 amide bonds. The van der Waals surface area contributed by atoms with E-state index in [1.165, 1.54) is 23.5 Å². The van der Waals surface area contributed by atoms with Gasteiger partial charge in [-0.25, -0.2) is 4.98 Å². The van der Waals surface area contributed by atoms with E-state index in [9.17, 15) is 14.9 Å². The summed E-state index contributed by atoms with van der Waals surface area (Å²) >= 11 is 1.48. The minimum absolute atomic E-state index is 0.0294. The molecule has 0 bridgehead atoms. The molecule has 2 aromatic heterocycles. The van der Waals surface area contributed by atoms with Crippen molar-refractivity contribution >= 4 is 27.7 Å². The van der Waals surface area contributed by atoms with Gasteiger partial charge in [0.25, 0.3) is 11.2 Å². The van der Waals surface area contributed by atoms with Crippen LogP contribution in [-0.2, 0) is 6.54 Å². The van der Waals surface area contributed by atoms with Gasteiger partial charge in [0.1, 0.15) is 0 Å². The van der Waals surface area contributed by atoms with Crippen molar-refractivity contribution in [2.75, 3.05) is 31.1 Å². The van der Waals surface area contributed by atoms with Crippen molar-refractivity contribution in [2.24, 2.45) is 0 Å². The summed E-state index contributed by atoms with van der Waals surface area (Å²) in [5.74, 6) is 0. The molecule has 1 fully saturated rings. The molecule has 8 nitrogen and oxygen atoms in total. The molecule has 0 unspecified atom stereocenters. The van der Waals surface area contributed by atoms with Gasteiger partial charge in [0.2, 0.25) is 0 Å². The van der Waals surface area contributed by atoms with Gasteiger partial charge in [0.15, 0.2) is 4.96 Å². The normalized spacial score (nSPS) is 15.4. The second-order valence-electron chi connectivity index (χ2n) is 6.62. The van der Waals surface area contributed by atoms with Crippen LogP contribution in [0.4, 0.5) is 11.4 Å². The number of benzene rings is 1. The fourth-order valence-corrected chi connectivity index (χ4v) is 4.25. The lowest BCUT2D eigenvalue weighted by molar-refractivity contribution is -0.384. The summed E-state index contributed by atoms with van der Waals surface area (Å²) in [5.41, 5.74) is 2.78. The van der Waals surface area contributed by atoms with Crippen LogP contribution in [0.3, 0.4) is 0 Å². The average molecular weight is 385 g/mol. The maximum atomic E-state index is 12.3. The van der Waals surface area contributed by atoms with Crippen molar-refractivity contribution < 1.29 is 4.92 Å². The number of piperazine rings is 1. The highest BCUT2D eigenvalue weighted by atomic mass is 32.1. The summed E-state index contributed by atoms with van der Waals surface area (Å²) in [6.45, 7) is 5.91. The van der Waals surface area contributed by atoms with Gasteiger partial charge in [-0.1, -0.05) is 0 Å². The molecule has 1 aliphatic heterocycles. The van der Waals surface area contributed by atoms with Gasteiger partial charge < -0.3 is 4.90 Å². The van der Waals surface area contributed by atoms with Crippen molar-refractivity contribution in [1.29, 1.82) is 0 Å². The van der Waals surface area contributed by atoms with E-state index in [2.05, 4.69) is 14.8 Å². The van der Waals surface area contributed by atoms with E-state index in [1.807, 2.05) is 12.3 Å². The Hall–Kier alpha value is -2.78. The zero-order chi connectivity index (χ0) is 19.0. The van der Waals surface area contributed by atoms with Gasteiger partial charge in [-0.05, 0) is 19.1 Å². The summed E-state index contributed by atoms with van der Waals surface area (Å²) in [7, 11) is 0. The first-order chi connectivity index (χ1) is 13.0. The van der Waals surface area contributed by atoms with Crippen LogP contribution < -0.4 is 10.5 Å². The summed E-state index contributed by atoms with van der Waals surface area (Å²) in [6.07, 6.45) is 0. The SMILES string of the molecule is Cc1csc2nc(CN3CCN(c4ccc([N+](=O)[O-])cc4)CC3)cc(=O)n12. The number of fused-ring (bicyclic) bond motifs is 1. The third kappa shape index (κ3) is 3.56. The summed E-state index contributed by atoms with van der Waals surface area (Å²) in [6, 6.07) is 8.29. The number of nitro groups is 1. The molecule has 3 aromatic rings. The Morgan fingerprint density at radius 2 is 1.89 bits per heavy atom. The van der Waals surface area contributed by atoms with E-state index >= 15 is 0 Å². The molecule has 140 valence electrons. The van der Waals surface area contributed by atoms with Crippen LogP contribution in [0, 0.1) is 17.0 Å². The van der Waals surface area contributed by atoms with Crippen molar-refractivity contribution in [2.45, 2.75) is 13.5 Å². The molecule has 0 saturated carbocycles. The second kappa shape index (κ2) is 7.09. The predicted octanol–water partition coefficient (Wildman–Crippen LogP) is 2.29. The Bertz CT molecular complexity index is 1040. The third-order valence-corrected chi connectivity index (χ3v) is 5.76. The van der Waals surface area contributed by atoms with Crippen LogP contribution >= 0.6 is 11.3 Å². The highest BCUT2D eigenvalue weighted by Gasteiger charge is 2.19. The Morgan fingerprint density at radius 3 is 2.56 bits per heavy atom. The van der Waals surface area contributed by atoms with Gasteiger partial charge >= 0.3 is 0 Å². The maximum Gasteiger partial charge on any atom is 0.269 e. The monoisotopic (exact) mass is 385 g/mol. The average Bonchev–Trinajstić information content (AvgIpc) is 3.04. The highest BCUT2D eigenvalue weighted by molar-refractivity contribution is 7.15. The Balaban J connectivity index is 1.41. The van der Waals surface area contributed by atoms with Gasteiger partial charge in [-0.2, -0.15) is 0 Å². The number of nitrogens with zero attached hydrogens (tertiary/aromatic N) is 5. The molecule has 1 saturated heterocycles. The van der Waals surface area contributed by atoms with Crippen molar-refractivity contribution in [1.82, 2.24) is 14.3 Å². The van der Waals surface area contributed by atoms with Crippen LogP contribution in [0.2, 0.25) is 0 Å². The fourth-order valence-electron chi connectivity index (χ4n) is 3.36. The zero-order valence-electron chi connectivity index (χ0n) is 14.9. The lowest BCUT2D eigenvalue weighted by atomic mass is 10.2. The lowest BCUT2D eigenvalue weighted by Crippen LogP contribution is -2.46. The molecule has 27 heavy (non-hydrogen) atoms. The molecule has 0 atom stereocenters. The number of hydrogen-bond acceptors (Lipinski definition) is 7. The minimum atomic E-state index is -0.386. The molecular formula is C18H19N5O3S. The Morgan fingerprint density at radius 1 is 1.19 bits per heavy atom. The molecule has 0 radical (unpaired) electrons. The second-order valence-corrected chi connectivity index (χ2v) is 7.45. The molecule has 0 spiro atoms. The number of nitro benzene ring substituents is 1. The molecule has 0 N–H and O–H groups in total. The van der Waals surface area contributed by atoms with Crippen molar-refractivity contribution in [3.05, 3.63) is 67.6 Å². The lowest BCUT2D eigenvalue weighted by Gasteiger charge is -2.35. The standard InChI is InChI=1S/C18H19N5O3S/c1-13-12-27-18-19-14(10-17(24)22(13)18)11-20-6-8-21(9-7-20)15-2-4-16(5-3-15)23(25)26/h2-5,10,12H,6-9,11H2,1H3.